The number of nitrogens with one attached hydrogen (secondary N) is 2. The molecule has 1 saturated heterocycles. The molecule has 0 saturated carbocycles. The molecule has 1 atom stereocenters. The molecule has 0 amide bonds. The molecule has 0 aliphatic carbocycles. The van der Waals surface area contributed by atoms with E-state index in [1.807, 2.05) is 25.2 Å². The average molecular weight is 332 g/mol. The van der Waals surface area contributed by atoms with Crippen molar-refractivity contribution in [3.63, 3.8) is 0 Å². The Kier molecular flexibility index (Phi) is 7.89. The van der Waals surface area contributed by atoms with Crippen LogP contribution < -0.4 is 15.4 Å². The summed E-state index contributed by atoms with van der Waals surface area (Å²) in [6.07, 6.45) is 3.61. The van der Waals surface area contributed by atoms with Crippen molar-refractivity contribution >= 4 is 5.96 Å². The Balaban J connectivity index is 1.67. The van der Waals surface area contributed by atoms with Crippen molar-refractivity contribution in [1.29, 1.82) is 0 Å². The second-order valence-corrected chi connectivity index (χ2v) is 6.54. The Hall–Kier alpha value is -1.75. The minimum Gasteiger partial charge on any atom is -0.496 e. The number of likely N-dealkylation sites (tertiary alicyclic amines) is 1. The molecule has 2 N–H and O–H groups in total. The van der Waals surface area contributed by atoms with E-state index in [2.05, 4.69) is 33.5 Å². The van der Waals surface area contributed by atoms with Crippen molar-refractivity contribution in [2.45, 2.75) is 26.2 Å². The van der Waals surface area contributed by atoms with Gasteiger partial charge in [0.2, 0.25) is 0 Å². The van der Waals surface area contributed by atoms with Gasteiger partial charge in [-0.15, -0.1) is 0 Å². The van der Waals surface area contributed by atoms with Crippen molar-refractivity contribution in [3.05, 3.63) is 29.8 Å². The van der Waals surface area contributed by atoms with E-state index in [1.165, 1.54) is 31.5 Å². The molecular weight excluding hydrogens is 300 g/mol. The van der Waals surface area contributed by atoms with Gasteiger partial charge < -0.3 is 20.3 Å². The van der Waals surface area contributed by atoms with Crippen LogP contribution in [0.25, 0.3) is 0 Å². The fourth-order valence-corrected chi connectivity index (χ4v) is 3.27. The number of aliphatic imine (C=N–C) groups is 1. The highest BCUT2D eigenvalue weighted by Gasteiger charge is 2.15. The standard InChI is InChI=1S/C19H32N4O/c1-16-7-6-13-23(15-16)14-12-22-19(20-2)21-11-10-17-8-4-5-9-18(17)24-3/h4-5,8-9,16H,6-7,10-15H2,1-3H3,(H2,20,21,22). The van der Waals surface area contributed by atoms with Gasteiger partial charge in [0.1, 0.15) is 5.75 Å². The van der Waals surface area contributed by atoms with Crippen LogP contribution in [0.2, 0.25) is 0 Å². The van der Waals surface area contributed by atoms with E-state index in [0.29, 0.717) is 0 Å². The smallest absolute Gasteiger partial charge is 0.191 e. The van der Waals surface area contributed by atoms with Gasteiger partial charge in [0.25, 0.3) is 0 Å². The Labute approximate surface area is 146 Å². The lowest BCUT2D eigenvalue weighted by atomic mass is 10.0. The molecule has 1 aromatic carbocycles. The summed E-state index contributed by atoms with van der Waals surface area (Å²) >= 11 is 0. The van der Waals surface area contributed by atoms with Crippen LogP contribution in [0, 0.1) is 5.92 Å². The zero-order valence-electron chi connectivity index (χ0n) is 15.3. The zero-order chi connectivity index (χ0) is 17.2. The molecule has 2 rings (SSSR count). The van der Waals surface area contributed by atoms with Crippen LogP contribution >= 0.6 is 0 Å². The van der Waals surface area contributed by atoms with Crippen LogP contribution in [0.3, 0.4) is 0 Å². The summed E-state index contributed by atoms with van der Waals surface area (Å²) in [6.45, 7) is 7.64. The number of methoxy groups -OCH3 is 1. The van der Waals surface area contributed by atoms with E-state index in [4.69, 9.17) is 4.74 Å². The van der Waals surface area contributed by atoms with Crippen LogP contribution in [-0.2, 0) is 6.42 Å². The van der Waals surface area contributed by atoms with E-state index in [9.17, 15) is 0 Å². The second-order valence-electron chi connectivity index (χ2n) is 6.54. The Morgan fingerprint density at radius 2 is 2.08 bits per heavy atom. The van der Waals surface area contributed by atoms with E-state index >= 15 is 0 Å². The molecule has 24 heavy (non-hydrogen) atoms. The van der Waals surface area contributed by atoms with Crippen molar-refractivity contribution in [1.82, 2.24) is 15.5 Å². The third-order valence-corrected chi connectivity index (χ3v) is 4.56. The number of ether oxygens (including phenoxy) is 1. The largest absolute Gasteiger partial charge is 0.496 e. The monoisotopic (exact) mass is 332 g/mol. The van der Waals surface area contributed by atoms with Gasteiger partial charge in [-0.2, -0.15) is 0 Å². The van der Waals surface area contributed by atoms with E-state index in [1.54, 1.807) is 7.11 Å². The van der Waals surface area contributed by atoms with Gasteiger partial charge in [0.05, 0.1) is 7.11 Å². The number of hydrogen-bond donors (Lipinski definition) is 2. The first-order valence-corrected chi connectivity index (χ1v) is 9.01. The molecule has 0 radical (unpaired) electrons. The van der Waals surface area contributed by atoms with Crippen LogP contribution in [0.5, 0.6) is 5.75 Å². The number of guanidine groups is 1. The first-order chi connectivity index (χ1) is 11.7. The Morgan fingerprint density at radius 1 is 1.29 bits per heavy atom. The number of benzene rings is 1. The summed E-state index contributed by atoms with van der Waals surface area (Å²) in [7, 11) is 3.54. The van der Waals surface area contributed by atoms with Crippen molar-refractivity contribution in [3.8, 4) is 5.75 Å². The van der Waals surface area contributed by atoms with Gasteiger partial charge >= 0.3 is 0 Å². The first kappa shape index (κ1) is 18.6. The molecule has 1 fully saturated rings. The fraction of sp³-hybridized carbons (Fsp3) is 0.632. The maximum atomic E-state index is 5.39. The zero-order valence-corrected chi connectivity index (χ0v) is 15.3. The first-order valence-electron chi connectivity index (χ1n) is 9.01. The van der Waals surface area contributed by atoms with Gasteiger partial charge in [0.15, 0.2) is 5.96 Å². The van der Waals surface area contributed by atoms with Gasteiger partial charge in [0, 0.05) is 33.2 Å². The fourth-order valence-electron chi connectivity index (χ4n) is 3.27. The van der Waals surface area contributed by atoms with Crippen molar-refractivity contribution in [2.75, 3.05) is 46.9 Å². The number of nitrogens with zero attached hydrogens (tertiary/aromatic N) is 2. The second kappa shape index (κ2) is 10.2. The van der Waals surface area contributed by atoms with E-state index < -0.39 is 0 Å². The molecule has 0 spiro atoms. The summed E-state index contributed by atoms with van der Waals surface area (Å²) in [5.41, 5.74) is 1.21. The van der Waals surface area contributed by atoms with Crippen LogP contribution in [-0.4, -0.2) is 57.7 Å². The number of hydrogen-bond acceptors (Lipinski definition) is 3. The average Bonchev–Trinajstić information content (AvgIpc) is 2.61. The van der Waals surface area contributed by atoms with E-state index in [0.717, 1.165) is 43.7 Å². The molecular formula is C19H32N4O. The molecule has 0 bridgehead atoms. The number of rotatable bonds is 7. The summed E-state index contributed by atoms with van der Waals surface area (Å²) in [6, 6.07) is 8.15. The van der Waals surface area contributed by atoms with Crippen molar-refractivity contribution < 1.29 is 4.74 Å². The van der Waals surface area contributed by atoms with Gasteiger partial charge in [-0.3, -0.25) is 4.99 Å². The third kappa shape index (κ3) is 6.04. The molecule has 5 heteroatoms. The highest BCUT2D eigenvalue weighted by Crippen LogP contribution is 2.17. The molecule has 1 heterocycles. The summed E-state index contributed by atoms with van der Waals surface area (Å²) < 4.78 is 5.39. The minimum absolute atomic E-state index is 0.831. The van der Waals surface area contributed by atoms with E-state index in [-0.39, 0.29) is 0 Å². The summed E-state index contributed by atoms with van der Waals surface area (Å²) in [5, 5.41) is 6.79. The topological polar surface area (TPSA) is 48.9 Å². The molecule has 1 aromatic rings. The molecule has 1 unspecified atom stereocenters. The predicted molar refractivity (Wildman–Crippen MR) is 101 cm³/mol. The van der Waals surface area contributed by atoms with Crippen LogP contribution in [0.4, 0.5) is 0 Å². The highest BCUT2D eigenvalue weighted by atomic mass is 16.5. The van der Waals surface area contributed by atoms with Gasteiger partial charge in [-0.25, -0.2) is 0 Å². The maximum Gasteiger partial charge on any atom is 0.191 e. The molecule has 134 valence electrons. The lowest BCUT2D eigenvalue weighted by Crippen LogP contribution is -2.44. The predicted octanol–water partition coefficient (Wildman–Crippen LogP) is 2.13. The summed E-state index contributed by atoms with van der Waals surface area (Å²) in [5.74, 6) is 2.65. The van der Waals surface area contributed by atoms with Crippen LogP contribution in [0.15, 0.2) is 29.3 Å². The lowest BCUT2D eigenvalue weighted by Gasteiger charge is -2.30. The molecule has 1 aliphatic rings. The number of para-hydroxylation sites is 1. The maximum absolute atomic E-state index is 5.39. The SMILES string of the molecule is CN=C(NCCc1ccccc1OC)NCCN1CCCC(C)C1. The minimum atomic E-state index is 0.831. The number of piperidine rings is 1. The summed E-state index contributed by atoms with van der Waals surface area (Å²) in [4.78, 5) is 6.85. The quantitative estimate of drug-likeness (QED) is 0.593. The van der Waals surface area contributed by atoms with Gasteiger partial charge in [-0.1, -0.05) is 25.1 Å². The van der Waals surface area contributed by atoms with Gasteiger partial charge in [-0.05, 0) is 43.4 Å². The molecule has 1 aliphatic heterocycles. The normalized spacial score (nSPS) is 19.1. The van der Waals surface area contributed by atoms with Crippen LogP contribution in [0.1, 0.15) is 25.3 Å². The molecule has 5 nitrogen and oxygen atoms in total. The Bertz CT molecular complexity index is 518. The highest BCUT2D eigenvalue weighted by molar-refractivity contribution is 5.79. The third-order valence-electron chi connectivity index (χ3n) is 4.56. The Morgan fingerprint density at radius 3 is 2.83 bits per heavy atom. The van der Waals surface area contributed by atoms with Crippen molar-refractivity contribution in [2.24, 2.45) is 10.9 Å². The molecule has 0 aromatic heterocycles. The lowest BCUT2D eigenvalue weighted by molar-refractivity contribution is 0.187.